The number of amides is 1. The van der Waals surface area contributed by atoms with Crippen molar-refractivity contribution in [1.82, 2.24) is 10.2 Å². The van der Waals surface area contributed by atoms with E-state index in [1.165, 1.54) is 18.4 Å². The van der Waals surface area contributed by atoms with Gasteiger partial charge in [0.15, 0.2) is 0 Å². The van der Waals surface area contributed by atoms with Gasteiger partial charge in [-0.2, -0.15) is 0 Å². The first kappa shape index (κ1) is 11.7. The highest BCUT2D eigenvalue weighted by molar-refractivity contribution is 5.94. The van der Waals surface area contributed by atoms with Gasteiger partial charge >= 0.3 is 0 Å². The normalized spacial score (nSPS) is 21.7. The number of hydrogen-bond acceptors (Lipinski definition) is 2. The van der Waals surface area contributed by atoms with Gasteiger partial charge in [0.1, 0.15) is 0 Å². The lowest BCUT2D eigenvalue weighted by molar-refractivity contribution is -0.00722. The summed E-state index contributed by atoms with van der Waals surface area (Å²) in [6.45, 7) is 6.10. The molecule has 0 aromatic heterocycles. The van der Waals surface area contributed by atoms with Crippen LogP contribution in [0.1, 0.15) is 28.8 Å². The molecule has 2 aliphatic rings. The van der Waals surface area contributed by atoms with Crippen molar-refractivity contribution in [2.45, 2.75) is 19.8 Å². The van der Waals surface area contributed by atoms with Crippen LogP contribution in [-0.4, -0.2) is 37.0 Å². The second-order valence-corrected chi connectivity index (χ2v) is 5.81. The van der Waals surface area contributed by atoms with Gasteiger partial charge in [0.25, 0.3) is 5.91 Å². The smallest absolute Gasteiger partial charge is 0.253 e. The van der Waals surface area contributed by atoms with E-state index in [-0.39, 0.29) is 5.91 Å². The van der Waals surface area contributed by atoms with Crippen molar-refractivity contribution in [2.75, 3.05) is 26.2 Å². The Morgan fingerprint density at radius 2 is 2.00 bits per heavy atom. The number of benzene rings is 1. The van der Waals surface area contributed by atoms with Gasteiger partial charge < -0.3 is 10.2 Å². The first-order chi connectivity index (χ1) is 8.69. The molecule has 3 rings (SSSR count). The second-order valence-electron chi connectivity index (χ2n) is 5.81. The minimum atomic E-state index is 0.186. The Labute approximate surface area is 108 Å². The quantitative estimate of drug-likeness (QED) is 0.817. The predicted molar refractivity (Wildman–Crippen MR) is 71.6 cm³/mol. The maximum absolute atomic E-state index is 12.3. The highest BCUT2D eigenvalue weighted by Gasteiger charge is 2.45. The molecule has 0 unspecified atom stereocenters. The highest BCUT2D eigenvalue weighted by Crippen LogP contribution is 2.37. The second kappa shape index (κ2) is 4.39. The summed E-state index contributed by atoms with van der Waals surface area (Å²) in [7, 11) is 0. The fourth-order valence-corrected chi connectivity index (χ4v) is 3.09. The van der Waals surface area contributed by atoms with Gasteiger partial charge in [0.2, 0.25) is 0 Å². The number of carbonyl (C=O) groups excluding carboxylic acids is 1. The third kappa shape index (κ3) is 2.03. The molecule has 3 heteroatoms. The van der Waals surface area contributed by atoms with E-state index in [2.05, 4.69) is 5.32 Å². The van der Waals surface area contributed by atoms with Gasteiger partial charge in [-0.25, -0.2) is 0 Å². The first-order valence-corrected chi connectivity index (χ1v) is 6.75. The summed E-state index contributed by atoms with van der Waals surface area (Å²) in [4.78, 5) is 14.3. The Bertz CT molecular complexity index is 438. The van der Waals surface area contributed by atoms with Crippen LogP contribution in [-0.2, 0) is 0 Å². The van der Waals surface area contributed by atoms with Crippen molar-refractivity contribution >= 4 is 5.91 Å². The van der Waals surface area contributed by atoms with E-state index in [1.54, 1.807) is 0 Å². The lowest BCUT2D eigenvalue weighted by atomic mass is 9.74. The third-order valence-electron chi connectivity index (χ3n) is 4.20. The van der Waals surface area contributed by atoms with Crippen LogP contribution in [0.15, 0.2) is 24.3 Å². The lowest BCUT2D eigenvalue weighted by Crippen LogP contribution is -2.63. The van der Waals surface area contributed by atoms with E-state index in [1.807, 2.05) is 36.1 Å². The predicted octanol–water partition coefficient (Wildman–Crippen LogP) is 1.82. The number of nitrogens with zero attached hydrogens (tertiary/aromatic N) is 1. The van der Waals surface area contributed by atoms with Crippen molar-refractivity contribution in [3.63, 3.8) is 0 Å². The van der Waals surface area contributed by atoms with Crippen LogP contribution >= 0.6 is 0 Å². The Balaban J connectivity index is 1.64. The molecule has 2 heterocycles. The average molecular weight is 244 g/mol. The van der Waals surface area contributed by atoms with Gasteiger partial charge in [-0.15, -0.1) is 0 Å². The van der Waals surface area contributed by atoms with E-state index < -0.39 is 0 Å². The molecule has 3 nitrogen and oxygen atoms in total. The van der Waals surface area contributed by atoms with Crippen LogP contribution in [0.25, 0.3) is 0 Å². The minimum absolute atomic E-state index is 0.186. The number of piperidine rings is 1. The molecule has 2 fully saturated rings. The molecule has 0 atom stereocenters. The zero-order valence-corrected chi connectivity index (χ0v) is 10.9. The molecule has 0 aliphatic carbocycles. The maximum Gasteiger partial charge on any atom is 0.253 e. The van der Waals surface area contributed by atoms with Gasteiger partial charge in [0, 0.05) is 30.6 Å². The standard InChI is InChI=1S/C15H20N2O/c1-12-3-5-13(6-4-12)14(18)17-10-15(11-17)7-2-8-16-9-15/h3-6,16H,2,7-11H2,1H3. The lowest BCUT2D eigenvalue weighted by Gasteiger charge is -2.52. The SMILES string of the molecule is Cc1ccc(C(=O)N2CC3(CCCNC3)C2)cc1. The van der Waals surface area contributed by atoms with Crippen LogP contribution in [0.4, 0.5) is 0 Å². The van der Waals surface area contributed by atoms with E-state index in [0.717, 1.165) is 31.7 Å². The Hall–Kier alpha value is -1.35. The van der Waals surface area contributed by atoms with Crippen molar-refractivity contribution in [3.05, 3.63) is 35.4 Å². The molecular weight excluding hydrogens is 224 g/mol. The average Bonchev–Trinajstić information content (AvgIpc) is 2.37. The van der Waals surface area contributed by atoms with Crippen LogP contribution in [0.2, 0.25) is 0 Å². The Morgan fingerprint density at radius 3 is 2.61 bits per heavy atom. The molecule has 2 aliphatic heterocycles. The highest BCUT2D eigenvalue weighted by atomic mass is 16.2. The van der Waals surface area contributed by atoms with E-state index in [0.29, 0.717) is 5.41 Å². The van der Waals surface area contributed by atoms with Crippen LogP contribution < -0.4 is 5.32 Å². The molecule has 1 spiro atoms. The van der Waals surface area contributed by atoms with E-state index in [4.69, 9.17) is 0 Å². The number of nitrogens with one attached hydrogen (secondary N) is 1. The molecule has 0 bridgehead atoms. The molecule has 1 aromatic carbocycles. The summed E-state index contributed by atoms with van der Waals surface area (Å²) in [5.41, 5.74) is 2.39. The summed E-state index contributed by atoms with van der Waals surface area (Å²) in [6, 6.07) is 7.87. The molecule has 0 saturated carbocycles. The molecule has 1 N–H and O–H groups in total. The summed E-state index contributed by atoms with van der Waals surface area (Å²) < 4.78 is 0. The topological polar surface area (TPSA) is 32.3 Å². The van der Waals surface area contributed by atoms with Crippen molar-refractivity contribution in [2.24, 2.45) is 5.41 Å². The molecule has 96 valence electrons. The summed E-state index contributed by atoms with van der Waals surface area (Å²) in [5.74, 6) is 0.186. The monoisotopic (exact) mass is 244 g/mol. The zero-order chi connectivity index (χ0) is 12.6. The summed E-state index contributed by atoms with van der Waals surface area (Å²) in [5, 5.41) is 3.45. The van der Waals surface area contributed by atoms with Crippen molar-refractivity contribution in [3.8, 4) is 0 Å². The fraction of sp³-hybridized carbons (Fsp3) is 0.533. The summed E-state index contributed by atoms with van der Waals surface area (Å²) in [6.07, 6.45) is 2.50. The maximum atomic E-state index is 12.3. The van der Waals surface area contributed by atoms with E-state index >= 15 is 0 Å². The number of aryl methyl sites for hydroxylation is 1. The van der Waals surface area contributed by atoms with Crippen LogP contribution in [0.5, 0.6) is 0 Å². The molecular formula is C15H20N2O. The fourth-order valence-electron chi connectivity index (χ4n) is 3.09. The number of rotatable bonds is 1. The van der Waals surface area contributed by atoms with Crippen LogP contribution in [0, 0.1) is 12.3 Å². The Kier molecular flexibility index (Phi) is 2.86. The van der Waals surface area contributed by atoms with E-state index in [9.17, 15) is 4.79 Å². The molecule has 18 heavy (non-hydrogen) atoms. The van der Waals surface area contributed by atoms with Gasteiger partial charge in [0.05, 0.1) is 0 Å². The van der Waals surface area contributed by atoms with Gasteiger partial charge in [-0.1, -0.05) is 17.7 Å². The molecule has 0 radical (unpaired) electrons. The Morgan fingerprint density at radius 1 is 1.28 bits per heavy atom. The minimum Gasteiger partial charge on any atom is -0.337 e. The van der Waals surface area contributed by atoms with Crippen molar-refractivity contribution < 1.29 is 4.79 Å². The molecule has 2 saturated heterocycles. The van der Waals surface area contributed by atoms with Crippen molar-refractivity contribution in [1.29, 1.82) is 0 Å². The third-order valence-corrected chi connectivity index (χ3v) is 4.20. The number of hydrogen-bond donors (Lipinski definition) is 1. The number of carbonyl (C=O) groups is 1. The van der Waals surface area contributed by atoms with Gasteiger partial charge in [-0.05, 0) is 38.4 Å². The zero-order valence-electron chi connectivity index (χ0n) is 10.9. The first-order valence-electron chi connectivity index (χ1n) is 6.75. The number of likely N-dealkylation sites (tertiary alicyclic amines) is 1. The largest absolute Gasteiger partial charge is 0.337 e. The summed E-state index contributed by atoms with van der Waals surface area (Å²) >= 11 is 0. The van der Waals surface area contributed by atoms with Gasteiger partial charge in [-0.3, -0.25) is 4.79 Å². The molecule has 1 amide bonds. The van der Waals surface area contributed by atoms with Crippen LogP contribution in [0.3, 0.4) is 0 Å². The molecule has 1 aromatic rings.